The predicted octanol–water partition coefficient (Wildman–Crippen LogP) is 1.15. The Kier molecular flexibility index (Phi) is 5.04. The van der Waals surface area contributed by atoms with Crippen molar-refractivity contribution in [2.24, 2.45) is 11.8 Å². The summed E-state index contributed by atoms with van der Waals surface area (Å²) in [7, 11) is -3.35. The summed E-state index contributed by atoms with van der Waals surface area (Å²) in [6.07, 6.45) is 3.46. The molecular formula is C13H24N2O4S. The van der Waals surface area contributed by atoms with E-state index in [1.807, 2.05) is 0 Å². The Morgan fingerprint density at radius 1 is 1.15 bits per heavy atom. The monoisotopic (exact) mass is 304 g/mol. The second-order valence-electron chi connectivity index (χ2n) is 6.05. The molecule has 2 rings (SSSR count). The summed E-state index contributed by atoms with van der Waals surface area (Å²) >= 11 is 0. The van der Waals surface area contributed by atoms with E-state index in [-0.39, 0.29) is 12.3 Å². The van der Waals surface area contributed by atoms with Crippen molar-refractivity contribution in [1.29, 1.82) is 0 Å². The normalized spacial score (nSPS) is 27.6. The number of hydrogen-bond acceptors (Lipinski definition) is 3. The molecule has 1 unspecified atom stereocenters. The second kappa shape index (κ2) is 6.41. The molecule has 6 nitrogen and oxygen atoms in total. The first-order chi connectivity index (χ1) is 9.39. The number of piperidine rings is 2. The number of carbonyl (C=O) groups is 1. The Bertz CT molecular complexity index is 443. The van der Waals surface area contributed by atoms with Crippen LogP contribution in [0.3, 0.4) is 0 Å². The Balaban J connectivity index is 1.93. The van der Waals surface area contributed by atoms with Gasteiger partial charge in [0.2, 0.25) is 0 Å². The fraction of sp³-hybridized carbons (Fsp3) is 0.923. The van der Waals surface area contributed by atoms with Crippen molar-refractivity contribution in [1.82, 2.24) is 8.61 Å². The summed E-state index contributed by atoms with van der Waals surface area (Å²) in [5, 5.41) is 8.78. The van der Waals surface area contributed by atoms with Crippen molar-refractivity contribution in [2.75, 3.05) is 26.2 Å². The van der Waals surface area contributed by atoms with E-state index in [4.69, 9.17) is 5.11 Å². The van der Waals surface area contributed by atoms with Gasteiger partial charge in [0.25, 0.3) is 10.2 Å². The van der Waals surface area contributed by atoms with E-state index < -0.39 is 16.2 Å². The lowest BCUT2D eigenvalue weighted by molar-refractivity contribution is -0.138. The lowest BCUT2D eigenvalue weighted by Gasteiger charge is -2.37. The zero-order chi connectivity index (χ0) is 14.8. The van der Waals surface area contributed by atoms with Crippen LogP contribution in [0.4, 0.5) is 0 Å². The number of nitrogens with zero attached hydrogens (tertiary/aromatic N) is 2. The number of hydrogen-bond donors (Lipinski definition) is 1. The smallest absolute Gasteiger partial charge is 0.303 e. The Labute approximate surface area is 120 Å². The van der Waals surface area contributed by atoms with Crippen LogP contribution in [0.15, 0.2) is 0 Å². The van der Waals surface area contributed by atoms with Gasteiger partial charge in [0.05, 0.1) is 0 Å². The van der Waals surface area contributed by atoms with E-state index in [0.717, 1.165) is 12.8 Å². The fourth-order valence-electron chi connectivity index (χ4n) is 3.11. The molecule has 20 heavy (non-hydrogen) atoms. The fourth-order valence-corrected chi connectivity index (χ4v) is 4.91. The third kappa shape index (κ3) is 3.71. The lowest BCUT2D eigenvalue weighted by Crippen LogP contribution is -2.50. The van der Waals surface area contributed by atoms with Crippen LogP contribution in [-0.2, 0) is 15.0 Å². The minimum absolute atomic E-state index is 0.110. The molecule has 0 spiro atoms. The summed E-state index contributed by atoms with van der Waals surface area (Å²) < 4.78 is 28.2. The minimum atomic E-state index is -3.35. The summed E-state index contributed by atoms with van der Waals surface area (Å²) in [6.45, 7) is 4.20. The SMILES string of the molecule is CC1CCCN(S(=O)(=O)N2CCC(CC(=O)O)CC2)C1. The molecular weight excluding hydrogens is 280 g/mol. The second-order valence-corrected chi connectivity index (χ2v) is 7.98. The van der Waals surface area contributed by atoms with Crippen LogP contribution < -0.4 is 0 Å². The summed E-state index contributed by atoms with van der Waals surface area (Å²) in [5.41, 5.74) is 0. The predicted molar refractivity (Wildman–Crippen MR) is 75.4 cm³/mol. The number of carboxylic acids is 1. The van der Waals surface area contributed by atoms with Crippen molar-refractivity contribution in [2.45, 2.75) is 39.0 Å². The maximum Gasteiger partial charge on any atom is 0.303 e. The molecule has 0 bridgehead atoms. The highest BCUT2D eigenvalue weighted by atomic mass is 32.2. The van der Waals surface area contributed by atoms with Gasteiger partial charge in [-0.05, 0) is 37.5 Å². The highest BCUT2D eigenvalue weighted by Crippen LogP contribution is 2.26. The molecule has 0 aromatic rings. The molecule has 0 aliphatic carbocycles. The van der Waals surface area contributed by atoms with Gasteiger partial charge in [-0.15, -0.1) is 0 Å². The number of aliphatic carboxylic acids is 1. The van der Waals surface area contributed by atoms with Gasteiger partial charge in [0.1, 0.15) is 0 Å². The van der Waals surface area contributed by atoms with E-state index in [0.29, 0.717) is 44.9 Å². The molecule has 0 amide bonds. The van der Waals surface area contributed by atoms with Gasteiger partial charge in [0, 0.05) is 32.6 Å². The van der Waals surface area contributed by atoms with Gasteiger partial charge in [-0.25, -0.2) is 0 Å². The van der Waals surface area contributed by atoms with E-state index >= 15 is 0 Å². The van der Waals surface area contributed by atoms with Crippen LogP contribution in [-0.4, -0.2) is 54.3 Å². The van der Waals surface area contributed by atoms with Crippen LogP contribution in [0.25, 0.3) is 0 Å². The zero-order valence-corrected chi connectivity index (χ0v) is 12.8. The van der Waals surface area contributed by atoms with Crippen LogP contribution in [0, 0.1) is 11.8 Å². The molecule has 0 radical (unpaired) electrons. The molecule has 2 saturated heterocycles. The van der Waals surface area contributed by atoms with Crippen molar-refractivity contribution in [3.05, 3.63) is 0 Å². The average Bonchev–Trinajstić information content (AvgIpc) is 2.38. The first kappa shape index (κ1) is 15.7. The molecule has 0 saturated carbocycles. The van der Waals surface area contributed by atoms with Crippen molar-refractivity contribution >= 4 is 16.2 Å². The zero-order valence-electron chi connectivity index (χ0n) is 12.0. The topological polar surface area (TPSA) is 77.9 Å². The molecule has 2 heterocycles. The van der Waals surface area contributed by atoms with Crippen molar-refractivity contribution in [3.63, 3.8) is 0 Å². The number of rotatable bonds is 4. The first-order valence-corrected chi connectivity index (χ1v) is 8.76. The quantitative estimate of drug-likeness (QED) is 0.845. The summed E-state index contributed by atoms with van der Waals surface area (Å²) in [4.78, 5) is 10.7. The van der Waals surface area contributed by atoms with Gasteiger partial charge in [-0.1, -0.05) is 6.92 Å². The van der Waals surface area contributed by atoms with Crippen molar-refractivity contribution < 1.29 is 18.3 Å². The Morgan fingerprint density at radius 3 is 2.35 bits per heavy atom. The van der Waals surface area contributed by atoms with Gasteiger partial charge in [-0.2, -0.15) is 17.0 Å². The Morgan fingerprint density at radius 2 is 1.80 bits per heavy atom. The molecule has 1 N–H and O–H groups in total. The molecule has 1 atom stereocenters. The highest BCUT2D eigenvalue weighted by molar-refractivity contribution is 7.86. The van der Waals surface area contributed by atoms with E-state index in [1.54, 1.807) is 4.31 Å². The van der Waals surface area contributed by atoms with Gasteiger partial charge >= 0.3 is 5.97 Å². The van der Waals surface area contributed by atoms with Gasteiger partial charge in [-0.3, -0.25) is 4.79 Å². The van der Waals surface area contributed by atoms with Gasteiger partial charge < -0.3 is 5.11 Å². The van der Waals surface area contributed by atoms with Crippen LogP contribution in [0.2, 0.25) is 0 Å². The molecule has 2 aliphatic heterocycles. The van der Waals surface area contributed by atoms with E-state index in [2.05, 4.69) is 6.92 Å². The van der Waals surface area contributed by atoms with E-state index in [9.17, 15) is 13.2 Å². The summed E-state index contributed by atoms with van der Waals surface area (Å²) in [5.74, 6) is -0.265. The molecule has 2 fully saturated rings. The third-order valence-corrected chi connectivity index (χ3v) is 6.31. The standard InChI is InChI=1S/C13H24N2O4S/c1-11-3-2-6-15(10-11)20(18,19)14-7-4-12(5-8-14)9-13(16)17/h11-12H,2-10H2,1H3,(H,16,17). The molecule has 0 aromatic carbocycles. The van der Waals surface area contributed by atoms with Crippen LogP contribution in [0.5, 0.6) is 0 Å². The average molecular weight is 304 g/mol. The highest BCUT2D eigenvalue weighted by Gasteiger charge is 2.35. The number of carboxylic acid groups (broad SMARTS) is 1. The largest absolute Gasteiger partial charge is 0.481 e. The van der Waals surface area contributed by atoms with Gasteiger partial charge in [0.15, 0.2) is 0 Å². The third-order valence-electron chi connectivity index (χ3n) is 4.31. The molecule has 116 valence electrons. The molecule has 2 aliphatic rings. The first-order valence-electron chi connectivity index (χ1n) is 7.36. The maximum absolute atomic E-state index is 12.6. The molecule has 7 heteroatoms. The van der Waals surface area contributed by atoms with Crippen molar-refractivity contribution in [3.8, 4) is 0 Å². The van der Waals surface area contributed by atoms with E-state index in [1.165, 1.54) is 4.31 Å². The summed E-state index contributed by atoms with van der Waals surface area (Å²) in [6, 6.07) is 0. The minimum Gasteiger partial charge on any atom is -0.481 e. The lowest BCUT2D eigenvalue weighted by atomic mass is 9.95. The van der Waals surface area contributed by atoms with Crippen LogP contribution in [0.1, 0.15) is 39.0 Å². The van der Waals surface area contributed by atoms with Crippen LogP contribution >= 0.6 is 0 Å². The maximum atomic E-state index is 12.6. The molecule has 0 aromatic heterocycles. The Hall–Kier alpha value is -0.660.